The maximum Gasteiger partial charge on any atom is 0.338 e. The third-order valence-corrected chi connectivity index (χ3v) is 3.89. The van der Waals surface area contributed by atoms with Crippen LogP contribution in [0.2, 0.25) is 0 Å². The zero-order chi connectivity index (χ0) is 20.5. The van der Waals surface area contributed by atoms with Gasteiger partial charge in [0.15, 0.2) is 11.6 Å². The van der Waals surface area contributed by atoms with E-state index < -0.39 is 12.0 Å². The first-order chi connectivity index (χ1) is 14.2. The van der Waals surface area contributed by atoms with Gasteiger partial charge in [0.1, 0.15) is 6.61 Å². The Morgan fingerprint density at radius 2 is 1.69 bits per heavy atom. The van der Waals surface area contributed by atoms with E-state index in [4.69, 9.17) is 9.47 Å². The fourth-order valence-corrected chi connectivity index (χ4v) is 2.51. The number of pyridine rings is 1. The second kappa shape index (κ2) is 9.89. The third kappa shape index (κ3) is 5.80. The van der Waals surface area contributed by atoms with E-state index in [0.717, 1.165) is 5.56 Å². The minimum Gasteiger partial charge on any atom is -0.485 e. The van der Waals surface area contributed by atoms with Crippen LogP contribution in [0.4, 0.5) is 16.3 Å². The van der Waals surface area contributed by atoms with E-state index >= 15 is 0 Å². The van der Waals surface area contributed by atoms with E-state index in [9.17, 15) is 9.59 Å². The Bertz CT molecular complexity index is 959. The van der Waals surface area contributed by atoms with Crippen LogP contribution >= 0.6 is 0 Å². The monoisotopic (exact) mass is 391 g/mol. The summed E-state index contributed by atoms with van der Waals surface area (Å²) in [7, 11) is 0. The van der Waals surface area contributed by atoms with Crippen LogP contribution in [0.5, 0.6) is 5.75 Å². The van der Waals surface area contributed by atoms with Gasteiger partial charge in [-0.15, -0.1) is 0 Å². The molecule has 1 aromatic heterocycles. The van der Waals surface area contributed by atoms with E-state index in [2.05, 4.69) is 15.6 Å². The van der Waals surface area contributed by atoms with Crippen LogP contribution in [0.25, 0.3) is 0 Å². The van der Waals surface area contributed by atoms with Gasteiger partial charge in [-0.25, -0.2) is 14.6 Å². The number of anilines is 2. The Morgan fingerprint density at radius 1 is 0.931 bits per heavy atom. The predicted octanol–water partition coefficient (Wildman–Crippen LogP) is 4.48. The average molecular weight is 391 g/mol. The molecule has 2 N–H and O–H groups in total. The molecule has 0 radical (unpaired) electrons. The fourth-order valence-electron chi connectivity index (χ4n) is 2.51. The number of carbonyl (C=O) groups excluding carboxylic acids is 2. The summed E-state index contributed by atoms with van der Waals surface area (Å²) in [5.74, 6) is 0.366. The molecule has 29 heavy (non-hydrogen) atoms. The first-order valence-electron chi connectivity index (χ1n) is 9.12. The van der Waals surface area contributed by atoms with Crippen molar-refractivity contribution in [1.82, 2.24) is 4.98 Å². The van der Waals surface area contributed by atoms with Crippen LogP contribution in [-0.4, -0.2) is 23.6 Å². The normalized spacial score (nSPS) is 10.1. The maximum atomic E-state index is 12.3. The lowest BCUT2D eigenvalue weighted by atomic mass is 10.2. The van der Waals surface area contributed by atoms with Crippen LogP contribution in [0.15, 0.2) is 72.9 Å². The lowest BCUT2D eigenvalue weighted by molar-refractivity contribution is 0.0526. The van der Waals surface area contributed by atoms with Gasteiger partial charge in [0.2, 0.25) is 0 Å². The molecular formula is C22H21N3O4. The molecule has 0 aliphatic heterocycles. The van der Waals surface area contributed by atoms with Crippen molar-refractivity contribution in [2.45, 2.75) is 13.5 Å². The summed E-state index contributed by atoms with van der Waals surface area (Å²) in [6, 6.07) is 19.1. The number of nitrogens with one attached hydrogen (secondary N) is 2. The van der Waals surface area contributed by atoms with Crippen molar-refractivity contribution in [3.8, 4) is 5.75 Å². The Balaban J connectivity index is 1.60. The predicted molar refractivity (Wildman–Crippen MR) is 110 cm³/mol. The van der Waals surface area contributed by atoms with Gasteiger partial charge in [0.25, 0.3) is 0 Å². The number of hydrogen-bond acceptors (Lipinski definition) is 5. The van der Waals surface area contributed by atoms with E-state index in [-0.39, 0.29) is 0 Å². The molecule has 3 rings (SSSR count). The molecule has 3 aromatic rings. The second-order valence-electron chi connectivity index (χ2n) is 6.00. The molecule has 0 bridgehead atoms. The number of rotatable bonds is 7. The lowest BCUT2D eigenvalue weighted by Gasteiger charge is -2.12. The molecule has 0 spiro atoms. The molecule has 0 aliphatic rings. The van der Waals surface area contributed by atoms with Crippen molar-refractivity contribution in [2.75, 3.05) is 17.2 Å². The van der Waals surface area contributed by atoms with Gasteiger partial charge in [0.05, 0.1) is 12.2 Å². The average Bonchev–Trinajstić information content (AvgIpc) is 2.74. The molecule has 0 saturated heterocycles. The molecule has 2 aromatic carbocycles. The van der Waals surface area contributed by atoms with E-state index in [1.807, 2.05) is 30.3 Å². The highest BCUT2D eigenvalue weighted by Crippen LogP contribution is 2.22. The molecule has 0 aliphatic carbocycles. The summed E-state index contributed by atoms with van der Waals surface area (Å²) in [4.78, 5) is 28.2. The molecule has 148 valence electrons. The molecule has 7 heteroatoms. The standard InChI is InChI=1S/C22H21N3O4/c1-2-28-21(26)17-10-12-18(13-11-17)24-22(27)25-20-19(9-6-14-23-20)29-15-16-7-4-3-5-8-16/h3-14H,2,15H2,1H3,(H2,23,24,25,27). The highest BCUT2D eigenvalue weighted by atomic mass is 16.5. The van der Waals surface area contributed by atoms with Crippen molar-refractivity contribution >= 4 is 23.5 Å². The first kappa shape index (κ1) is 19.9. The van der Waals surface area contributed by atoms with E-state index in [1.165, 1.54) is 0 Å². The van der Waals surface area contributed by atoms with E-state index in [0.29, 0.717) is 36.0 Å². The molecular weight excluding hydrogens is 370 g/mol. The summed E-state index contributed by atoms with van der Waals surface area (Å²) in [6.45, 7) is 2.41. The highest BCUT2D eigenvalue weighted by Gasteiger charge is 2.11. The number of aromatic nitrogens is 1. The van der Waals surface area contributed by atoms with Crippen LogP contribution < -0.4 is 15.4 Å². The van der Waals surface area contributed by atoms with Crippen molar-refractivity contribution in [3.05, 3.63) is 84.1 Å². The minimum atomic E-state index is -0.475. The SMILES string of the molecule is CCOC(=O)c1ccc(NC(=O)Nc2ncccc2OCc2ccccc2)cc1. The van der Waals surface area contributed by atoms with Gasteiger partial charge < -0.3 is 14.8 Å². The van der Waals surface area contributed by atoms with Crippen LogP contribution in [0.3, 0.4) is 0 Å². The summed E-state index contributed by atoms with van der Waals surface area (Å²) < 4.78 is 10.7. The third-order valence-electron chi connectivity index (χ3n) is 3.89. The number of hydrogen-bond donors (Lipinski definition) is 2. The van der Waals surface area contributed by atoms with E-state index in [1.54, 1.807) is 49.5 Å². The lowest BCUT2D eigenvalue weighted by Crippen LogP contribution is -2.20. The Hall–Kier alpha value is -3.87. The largest absolute Gasteiger partial charge is 0.485 e. The molecule has 0 atom stereocenters. The number of ether oxygens (including phenoxy) is 2. The zero-order valence-electron chi connectivity index (χ0n) is 15.9. The molecule has 2 amide bonds. The Morgan fingerprint density at radius 3 is 2.41 bits per heavy atom. The van der Waals surface area contributed by atoms with Crippen LogP contribution in [0.1, 0.15) is 22.8 Å². The zero-order valence-corrected chi connectivity index (χ0v) is 15.9. The van der Waals surface area contributed by atoms with Gasteiger partial charge in [0, 0.05) is 11.9 Å². The first-order valence-corrected chi connectivity index (χ1v) is 9.12. The molecule has 0 fully saturated rings. The van der Waals surface area contributed by atoms with Gasteiger partial charge >= 0.3 is 12.0 Å². The van der Waals surface area contributed by atoms with Crippen molar-refractivity contribution in [3.63, 3.8) is 0 Å². The molecule has 1 heterocycles. The fraction of sp³-hybridized carbons (Fsp3) is 0.136. The van der Waals surface area contributed by atoms with Crippen LogP contribution in [0, 0.1) is 0 Å². The summed E-state index contributed by atoms with van der Waals surface area (Å²) in [5, 5.41) is 5.37. The molecule has 0 unspecified atom stereocenters. The topological polar surface area (TPSA) is 89.5 Å². The van der Waals surface area contributed by atoms with Crippen molar-refractivity contribution < 1.29 is 19.1 Å². The summed E-state index contributed by atoms with van der Waals surface area (Å²) in [5.41, 5.74) is 1.95. The number of esters is 1. The smallest absolute Gasteiger partial charge is 0.338 e. The highest BCUT2D eigenvalue weighted by molar-refractivity contribution is 6.00. The number of carbonyl (C=O) groups is 2. The van der Waals surface area contributed by atoms with Gasteiger partial charge in [-0.3, -0.25) is 5.32 Å². The summed E-state index contributed by atoms with van der Waals surface area (Å²) in [6.07, 6.45) is 1.57. The summed E-state index contributed by atoms with van der Waals surface area (Å²) >= 11 is 0. The second-order valence-corrected chi connectivity index (χ2v) is 6.00. The number of nitrogens with zero attached hydrogens (tertiary/aromatic N) is 1. The van der Waals surface area contributed by atoms with Gasteiger partial charge in [-0.2, -0.15) is 0 Å². The number of amides is 2. The Kier molecular flexibility index (Phi) is 6.78. The Labute approximate surface area is 168 Å². The van der Waals surface area contributed by atoms with Crippen molar-refractivity contribution in [2.24, 2.45) is 0 Å². The molecule has 0 saturated carbocycles. The minimum absolute atomic E-state index is 0.306. The number of benzene rings is 2. The quantitative estimate of drug-likeness (QED) is 0.580. The van der Waals surface area contributed by atoms with Crippen molar-refractivity contribution in [1.29, 1.82) is 0 Å². The van der Waals surface area contributed by atoms with Gasteiger partial charge in [-0.05, 0) is 48.9 Å². The molecule has 7 nitrogen and oxygen atoms in total. The number of urea groups is 1. The maximum absolute atomic E-state index is 12.3. The van der Waals surface area contributed by atoms with Gasteiger partial charge in [-0.1, -0.05) is 30.3 Å². The van der Waals surface area contributed by atoms with Crippen LogP contribution in [-0.2, 0) is 11.3 Å².